The second-order valence-electron chi connectivity index (χ2n) is 4.62. The lowest BCUT2D eigenvalue weighted by Gasteiger charge is -2.14. The normalized spacial score (nSPS) is 12.2. The molecular formula is C16H17F2NO. The van der Waals surface area contributed by atoms with E-state index >= 15 is 0 Å². The molecule has 20 heavy (non-hydrogen) atoms. The van der Waals surface area contributed by atoms with Crippen molar-refractivity contribution in [1.29, 1.82) is 0 Å². The summed E-state index contributed by atoms with van der Waals surface area (Å²) in [5, 5.41) is 3.27. The number of ether oxygens (including phenoxy) is 1. The van der Waals surface area contributed by atoms with E-state index in [0.717, 1.165) is 11.1 Å². The van der Waals surface area contributed by atoms with E-state index in [2.05, 4.69) is 5.32 Å². The molecular weight excluding hydrogens is 260 g/mol. The lowest BCUT2D eigenvalue weighted by atomic mass is 10.1. The van der Waals surface area contributed by atoms with Crippen molar-refractivity contribution in [2.24, 2.45) is 0 Å². The van der Waals surface area contributed by atoms with Gasteiger partial charge in [0.2, 0.25) is 0 Å². The lowest BCUT2D eigenvalue weighted by Crippen LogP contribution is -2.18. The number of hydrogen-bond acceptors (Lipinski definition) is 2. The summed E-state index contributed by atoms with van der Waals surface area (Å²) in [4.78, 5) is 0. The molecule has 0 saturated heterocycles. The standard InChI is InChI=1S/C16H17F2NO/c1-11(13-4-6-14(17)7-5-13)19-10-12-3-8-16(20-2)15(18)9-12/h3-9,11,19H,10H2,1-2H3/t11-/m1/s1. The monoisotopic (exact) mass is 277 g/mol. The smallest absolute Gasteiger partial charge is 0.165 e. The quantitative estimate of drug-likeness (QED) is 0.897. The third kappa shape index (κ3) is 3.54. The Balaban J connectivity index is 1.97. The Morgan fingerprint density at radius 2 is 1.80 bits per heavy atom. The van der Waals surface area contributed by atoms with Gasteiger partial charge in [-0.1, -0.05) is 18.2 Å². The van der Waals surface area contributed by atoms with Crippen LogP contribution in [0.4, 0.5) is 8.78 Å². The number of hydrogen-bond donors (Lipinski definition) is 1. The van der Waals surface area contributed by atoms with E-state index in [4.69, 9.17) is 4.74 Å². The van der Waals surface area contributed by atoms with E-state index in [1.54, 1.807) is 18.2 Å². The summed E-state index contributed by atoms with van der Waals surface area (Å²) >= 11 is 0. The molecule has 0 aromatic heterocycles. The van der Waals surface area contributed by atoms with Gasteiger partial charge in [-0.05, 0) is 42.3 Å². The predicted molar refractivity (Wildman–Crippen MR) is 74.6 cm³/mol. The first kappa shape index (κ1) is 14.5. The molecule has 0 aliphatic carbocycles. The highest BCUT2D eigenvalue weighted by Crippen LogP contribution is 2.19. The summed E-state index contributed by atoms with van der Waals surface area (Å²) in [6.45, 7) is 2.51. The third-order valence-electron chi connectivity index (χ3n) is 3.20. The minimum Gasteiger partial charge on any atom is -0.494 e. The molecule has 0 unspecified atom stereocenters. The van der Waals surface area contributed by atoms with E-state index in [1.165, 1.54) is 25.3 Å². The average Bonchev–Trinajstić information content (AvgIpc) is 2.45. The second-order valence-corrected chi connectivity index (χ2v) is 4.62. The number of rotatable bonds is 5. The maximum Gasteiger partial charge on any atom is 0.165 e. The van der Waals surface area contributed by atoms with Crippen LogP contribution in [0.5, 0.6) is 5.75 Å². The predicted octanol–water partition coefficient (Wildman–Crippen LogP) is 3.82. The molecule has 2 nitrogen and oxygen atoms in total. The van der Waals surface area contributed by atoms with Gasteiger partial charge in [0.1, 0.15) is 5.82 Å². The van der Waals surface area contributed by atoms with Crippen molar-refractivity contribution in [1.82, 2.24) is 5.32 Å². The van der Waals surface area contributed by atoms with Crippen molar-refractivity contribution < 1.29 is 13.5 Å². The van der Waals surface area contributed by atoms with Crippen molar-refractivity contribution >= 4 is 0 Å². The molecule has 1 N–H and O–H groups in total. The van der Waals surface area contributed by atoms with E-state index in [-0.39, 0.29) is 23.4 Å². The Labute approximate surface area is 117 Å². The maximum absolute atomic E-state index is 13.5. The van der Waals surface area contributed by atoms with Crippen LogP contribution in [0, 0.1) is 11.6 Å². The number of methoxy groups -OCH3 is 1. The van der Waals surface area contributed by atoms with Crippen LogP contribution in [0.2, 0.25) is 0 Å². The fraction of sp³-hybridized carbons (Fsp3) is 0.250. The molecule has 0 saturated carbocycles. The van der Waals surface area contributed by atoms with Gasteiger partial charge in [0.15, 0.2) is 11.6 Å². The first-order chi connectivity index (χ1) is 9.60. The number of benzene rings is 2. The molecule has 0 spiro atoms. The minimum absolute atomic E-state index is 0.0563. The van der Waals surface area contributed by atoms with Crippen LogP contribution < -0.4 is 10.1 Å². The fourth-order valence-electron chi connectivity index (χ4n) is 1.96. The highest BCUT2D eigenvalue weighted by Gasteiger charge is 2.07. The fourth-order valence-corrected chi connectivity index (χ4v) is 1.96. The van der Waals surface area contributed by atoms with Gasteiger partial charge in [-0.25, -0.2) is 8.78 Å². The Morgan fingerprint density at radius 3 is 2.40 bits per heavy atom. The Morgan fingerprint density at radius 1 is 1.10 bits per heavy atom. The van der Waals surface area contributed by atoms with E-state index in [0.29, 0.717) is 6.54 Å². The zero-order valence-corrected chi connectivity index (χ0v) is 11.5. The van der Waals surface area contributed by atoms with Gasteiger partial charge < -0.3 is 10.1 Å². The van der Waals surface area contributed by atoms with Gasteiger partial charge in [-0.15, -0.1) is 0 Å². The molecule has 106 valence electrons. The highest BCUT2D eigenvalue weighted by molar-refractivity contribution is 5.29. The Kier molecular flexibility index (Phi) is 4.69. The molecule has 0 aliphatic heterocycles. The summed E-state index contributed by atoms with van der Waals surface area (Å²) in [6.07, 6.45) is 0. The SMILES string of the molecule is COc1ccc(CN[C@H](C)c2ccc(F)cc2)cc1F. The molecule has 0 amide bonds. The van der Waals surface area contributed by atoms with Crippen molar-refractivity contribution in [3.05, 3.63) is 65.2 Å². The number of nitrogens with one attached hydrogen (secondary N) is 1. The first-order valence-corrected chi connectivity index (χ1v) is 6.41. The summed E-state index contributed by atoms with van der Waals surface area (Å²) in [5.74, 6) is -0.389. The van der Waals surface area contributed by atoms with E-state index in [1.807, 2.05) is 13.0 Å². The molecule has 2 aromatic rings. The van der Waals surface area contributed by atoms with Crippen molar-refractivity contribution in [2.45, 2.75) is 19.5 Å². The first-order valence-electron chi connectivity index (χ1n) is 6.41. The summed E-state index contributed by atoms with van der Waals surface area (Å²) < 4.78 is 31.3. The van der Waals surface area contributed by atoms with Gasteiger partial charge in [0.25, 0.3) is 0 Å². The van der Waals surface area contributed by atoms with Crippen LogP contribution in [-0.4, -0.2) is 7.11 Å². The molecule has 0 bridgehead atoms. The second kappa shape index (κ2) is 6.48. The van der Waals surface area contributed by atoms with Gasteiger partial charge in [0.05, 0.1) is 7.11 Å². The molecule has 0 heterocycles. The minimum atomic E-state index is -0.374. The highest BCUT2D eigenvalue weighted by atomic mass is 19.1. The van der Waals surface area contributed by atoms with Gasteiger partial charge >= 0.3 is 0 Å². The summed E-state index contributed by atoms with van der Waals surface area (Å²) in [7, 11) is 1.44. The molecule has 2 rings (SSSR count). The van der Waals surface area contributed by atoms with Crippen molar-refractivity contribution in [2.75, 3.05) is 7.11 Å². The van der Waals surface area contributed by atoms with Crippen LogP contribution in [0.3, 0.4) is 0 Å². The zero-order chi connectivity index (χ0) is 14.5. The van der Waals surface area contributed by atoms with Crippen LogP contribution in [-0.2, 0) is 6.54 Å². The van der Waals surface area contributed by atoms with Gasteiger partial charge in [-0.3, -0.25) is 0 Å². The van der Waals surface area contributed by atoms with Crippen molar-refractivity contribution in [3.63, 3.8) is 0 Å². The zero-order valence-electron chi connectivity index (χ0n) is 11.5. The van der Waals surface area contributed by atoms with Crippen LogP contribution in [0.1, 0.15) is 24.1 Å². The third-order valence-corrected chi connectivity index (χ3v) is 3.20. The molecule has 0 aliphatic rings. The lowest BCUT2D eigenvalue weighted by molar-refractivity contribution is 0.386. The molecule has 2 aromatic carbocycles. The summed E-state index contributed by atoms with van der Waals surface area (Å²) in [5.41, 5.74) is 1.82. The largest absolute Gasteiger partial charge is 0.494 e. The molecule has 0 fully saturated rings. The van der Waals surface area contributed by atoms with Crippen molar-refractivity contribution in [3.8, 4) is 5.75 Å². The maximum atomic E-state index is 13.5. The van der Waals surface area contributed by atoms with Crippen LogP contribution in [0.25, 0.3) is 0 Å². The molecule has 0 radical (unpaired) electrons. The average molecular weight is 277 g/mol. The molecule has 4 heteroatoms. The molecule has 1 atom stereocenters. The summed E-state index contributed by atoms with van der Waals surface area (Å²) in [6, 6.07) is 11.3. The topological polar surface area (TPSA) is 21.3 Å². The van der Waals surface area contributed by atoms with Crippen LogP contribution >= 0.6 is 0 Å². The number of halogens is 2. The Hall–Kier alpha value is -1.94. The van der Waals surface area contributed by atoms with Crippen LogP contribution in [0.15, 0.2) is 42.5 Å². The van der Waals surface area contributed by atoms with E-state index in [9.17, 15) is 8.78 Å². The van der Waals surface area contributed by atoms with E-state index < -0.39 is 0 Å². The van der Waals surface area contributed by atoms with Gasteiger partial charge in [0, 0.05) is 12.6 Å². The Bertz CT molecular complexity index is 569. The van der Waals surface area contributed by atoms with Gasteiger partial charge in [-0.2, -0.15) is 0 Å².